The van der Waals surface area contributed by atoms with Gasteiger partial charge >= 0.3 is 0 Å². The number of hydrogen-bond donors (Lipinski definition) is 2. The second-order valence-corrected chi connectivity index (χ2v) is 8.71. The second kappa shape index (κ2) is 10.1. The zero-order valence-electron chi connectivity index (χ0n) is 14.7. The molecule has 2 amide bonds. The maximum atomic E-state index is 11.9. The van der Waals surface area contributed by atoms with Gasteiger partial charge in [0, 0.05) is 27.2 Å². The minimum atomic E-state index is -0.259. The van der Waals surface area contributed by atoms with Gasteiger partial charge in [-0.25, -0.2) is 0 Å². The zero-order valence-corrected chi connectivity index (χ0v) is 17.1. The molecule has 0 aliphatic rings. The normalized spacial score (nSPS) is 11.4. The minimum Gasteiger partial charge on any atom is -0.354 e. The molecule has 0 aliphatic heterocycles. The fourth-order valence-corrected chi connectivity index (χ4v) is 2.98. The standard InChI is InChI=1S/C17H26BrN3O2S/c1-17(2,3)20-16(23)12-21(4)11-15(22)19-9-10-24-14-7-5-13(18)6-8-14/h5-8H,9-12H2,1-4H3,(H,19,22)(H,20,23). The van der Waals surface area contributed by atoms with Gasteiger partial charge in [-0.05, 0) is 52.1 Å². The Kier molecular flexibility index (Phi) is 8.80. The third kappa shape index (κ3) is 9.95. The number of carbonyl (C=O) groups excluding carboxylic acids is 2. The van der Waals surface area contributed by atoms with Crippen LogP contribution in [0.4, 0.5) is 0 Å². The molecule has 1 aromatic carbocycles. The van der Waals surface area contributed by atoms with Crippen molar-refractivity contribution >= 4 is 39.5 Å². The van der Waals surface area contributed by atoms with Crippen LogP contribution in [0.25, 0.3) is 0 Å². The molecule has 134 valence electrons. The second-order valence-electron chi connectivity index (χ2n) is 6.62. The van der Waals surface area contributed by atoms with E-state index in [1.54, 1.807) is 23.7 Å². The fraction of sp³-hybridized carbons (Fsp3) is 0.529. The molecule has 7 heteroatoms. The van der Waals surface area contributed by atoms with E-state index in [0.29, 0.717) is 6.54 Å². The highest BCUT2D eigenvalue weighted by Gasteiger charge is 2.16. The van der Waals surface area contributed by atoms with Crippen LogP contribution in [0.2, 0.25) is 0 Å². The summed E-state index contributed by atoms with van der Waals surface area (Å²) < 4.78 is 1.05. The molecule has 0 saturated heterocycles. The van der Waals surface area contributed by atoms with Crippen molar-refractivity contribution in [3.63, 3.8) is 0 Å². The number of thioether (sulfide) groups is 1. The highest BCUT2D eigenvalue weighted by atomic mass is 79.9. The van der Waals surface area contributed by atoms with Crippen LogP contribution in [0, 0.1) is 0 Å². The van der Waals surface area contributed by atoms with E-state index >= 15 is 0 Å². The molecule has 24 heavy (non-hydrogen) atoms. The van der Waals surface area contributed by atoms with Crippen molar-refractivity contribution in [3.8, 4) is 0 Å². The average Bonchev–Trinajstić information content (AvgIpc) is 2.43. The Balaban J connectivity index is 2.18. The largest absolute Gasteiger partial charge is 0.354 e. The van der Waals surface area contributed by atoms with Crippen molar-refractivity contribution < 1.29 is 9.59 Å². The molecule has 5 nitrogen and oxygen atoms in total. The number of nitrogens with one attached hydrogen (secondary N) is 2. The Bertz CT molecular complexity index is 544. The molecular formula is C17H26BrN3O2S. The van der Waals surface area contributed by atoms with E-state index in [4.69, 9.17) is 0 Å². The number of hydrogen-bond acceptors (Lipinski definition) is 4. The third-order valence-corrected chi connectivity index (χ3v) is 4.39. The number of amides is 2. The zero-order chi connectivity index (χ0) is 18.2. The lowest BCUT2D eigenvalue weighted by Gasteiger charge is -2.23. The summed E-state index contributed by atoms with van der Waals surface area (Å²) in [5.74, 6) is 0.655. The number of rotatable bonds is 8. The monoisotopic (exact) mass is 415 g/mol. The summed E-state index contributed by atoms with van der Waals surface area (Å²) in [6, 6.07) is 8.08. The highest BCUT2D eigenvalue weighted by molar-refractivity contribution is 9.10. The van der Waals surface area contributed by atoms with Gasteiger partial charge in [-0.3, -0.25) is 14.5 Å². The Morgan fingerprint density at radius 1 is 1.12 bits per heavy atom. The van der Waals surface area contributed by atoms with E-state index in [0.717, 1.165) is 10.2 Å². The van der Waals surface area contributed by atoms with E-state index in [-0.39, 0.29) is 30.4 Å². The van der Waals surface area contributed by atoms with E-state index in [1.165, 1.54) is 4.90 Å². The van der Waals surface area contributed by atoms with Crippen molar-refractivity contribution in [2.75, 3.05) is 32.4 Å². The predicted octanol–water partition coefficient (Wildman–Crippen LogP) is 2.50. The molecule has 1 aromatic rings. The minimum absolute atomic E-state index is 0.0718. The number of benzene rings is 1. The van der Waals surface area contributed by atoms with Gasteiger partial charge in [0.1, 0.15) is 0 Å². The van der Waals surface area contributed by atoms with E-state index < -0.39 is 0 Å². The van der Waals surface area contributed by atoms with Gasteiger partial charge in [-0.2, -0.15) is 0 Å². The summed E-state index contributed by atoms with van der Waals surface area (Å²) in [6.45, 7) is 6.81. The third-order valence-electron chi connectivity index (χ3n) is 2.85. The van der Waals surface area contributed by atoms with Crippen LogP contribution in [-0.4, -0.2) is 54.7 Å². The van der Waals surface area contributed by atoms with Crippen molar-refractivity contribution in [1.82, 2.24) is 15.5 Å². The Morgan fingerprint density at radius 3 is 2.29 bits per heavy atom. The first-order valence-corrected chi connectivity index (χ1v) is 9.58. The van der Waals surface area contributed by atoms with Gasteiger partial charge in [0.05, 0.1) is 13.1 Å². The molecule has 0 heterocycles. The Hall–Kier alpha value is -1.05. The van der Waals surface area contributed by atoms with Crippen LogP contribution in [0.3, 0.4) is 0 Å². The average molecular weight is 416 g/mol. The summed E-state index contributed by atoms with van der Waals surface area (Å²) >= 11 is 5.10. The van der Waals surface area contributed by atoms with Gasteiger partial charge in [-0.15, -0.1) is 11.8 Å². The molecule has 0 spiro atoms. The maximum absolute atomic E-state index is 11.9. The molecule has 0 atom stereocenters. The van der Waals surface area contributed by atoms with Gasteiger partial charge in [0.15, 0.2) is 0 Å². The lowest BCUT2D eigenvalue weighted by molar-refractivity contribution is -0.125. The van der Waals surface area contributed by atoms with Gasteiger partial charge in [0.25, 0.3) is 0 Å². The quantitative estimate of drug-likeness (QED) is 0.505. The number of likely N-dealkylation sites (N-methyl/N-ethyl adjacent to an activating group) is 1. The molecule has 0 aliphatic carbocycles. The lowest BCUT2D eigenvalue weighted by atomic mass is 10.1. The molecule has 0 aromatic heterocycles. The van der Waals surface area contributed by atoms with E-state index in [1.807, 2.05) is 45.0 Å². The summed E-state index contributed by atoms with van der Waals surface area (Å²) in [7, 11) is 1.76. The molecule has 2 N–H and O–H groups in total. The number of halogens is 1. The molecule has 0 unspecified atom stereocenters. The number of carbonyl (C=O) groups is 2. The summed E-state index contributed by atoms with van der Waals surface area (Å²) in [6.07, 6.45) is 0. The molecule has 1 rings (SSSR count). The predicted molar refractivity (Wildman–Crippen MR) is 103 cm³/mol. The number of nitrogens with zero attached hydrogens (tertiary/aromatic N) is 1. The van der Waals surface area contributed by atoms with Crippen LogP contribution in [0.5, 0.6) is 0 Å². The van der Waals surface area contributed by atoms with Crippen LogP contribution >= 0.6 is 27.7 Å². The summed E-state index contributed by atoms with van der Waals surface area (Å²) in [5.41, 5.74) is -0.259. The van der Waals surface area contributed by atoms with Crippen molar-refractivity contribution in [1.29, 1.82) is 0 Å². The SMILES string of the molecule is CN(CC(=O)NCCSc1ccc(Br)cc1)CC(=O)NC(C)(C)C. The maximum Gasteiger partial charge on any atom is 0.234 e. The Labute approximate surface area is 157 Å². The Morgan fingerprint density at radius 2 is 1.71 bits per heavy atom. The fourth-order valence-electron chi connectivity index (χ4n) is 1.95. The van der Waals surface area contributed by atoms with Crippen molar-refractivity contribution in [2.24, 2.45) is 0 Å². The van der Waals surface area contributed by atoms with Gasteiger partial charge in [-0.1, -0.05) is 15.9 Å². The van der Waals surface area contributed by atoms with Crippen LogP contribution < -0.4 is 10.6 Å². The molecule has 0 radical (unpaired) electrons. The topological polar surface area (TPSA) is 61.4 Å². The summed E-state index contributed by atoms with van der Waals surface area (Å²) in [4.78, 5) is 26.6. The van der Waals surface area contributed by atoms with Crippen LogP contribution in [-0.2, 0) is 9.59 Å². The molecular weight excluding hydrogens is 390 g/mol. The lowest BCUT2D eigenvalue weighted by Crippen LogP contribution is -2.46. The molecule has 0 saturated carbocycles. The molecule has 0 fully saturated rings. The van der Waals surface area contributed by atoms with Crippen LogP contribution in [0.1, 0.15) is 20.8 Å². The van der Waals surface area contributed by atoms with Gasteiger partial charge in [0.2, 0.25) is 11.8 Å². The smallest absolute Gasteiger partial charge is 0.234 e. The summed E-state index contributed by atoms with van der Waals surface area (Å²) in [5, 5.41) is 5.75. The molecule has 0 bridgehead atoms. The highest BCUT2D eigenvalue weighted by Crippen LogP contribution is 2.19. The van der Waals surface area contributed by atoms with Crippen molar-refractivity contribution in [3.05, 3.63) is 28.7 Å². The van der Waals surface area contributed by atoms with Gasteiger partial charge < -0.3 is 10.6 Å². The van der Waals surface area contributed by atoms with E-state index in [2.05, 4.69) is 26.6 Å². The van der Waals surface area contributed by atoms with Crippen LogP contribution in [0.15, 0.2) is 33.6 Å². The van der Waals surface area contributed by atoms with E-state index in [9.17, 15) is 9.59 Å². The first-order valence-electron chi connectivity index (χ1n) is 7.80. The first-order chi connectivity index (χ1) is 11.2. The first kappa shape index (κ1) is 21.0. The van der Waals surface area contributed by atoms with Crippen molar-refractivity contribution in [2.45, 2.75) is 31.2 Å².